The fraction of sp³-hybridized carbons (Fsp3) is 0.263. The topological polar surface area (TPSA) is 62.6 Å². The zero-order chi connectivity index (χ0) is 18.4. The number of carbonyl (C=O) groups is 2. The molecular formula is C19H23BrN3O2+. The molecule has 2 amide bonds. The minimum Gasteiger partial charge on any atom is -0.355 e. The van der Waals surface area contributed by atoms with Crippen LogP contribution in [0.2, 0.25) is 0 Å². The molecule has 0 aliphatic rings. The normalized spacial score (nSPS) is 13.0. The minimum atomic E-state index is -0.206. The SMILES string of the molecule is CNC(=O)c1ccc(C[NH+](C)[C@H](C)C(=O)Nc2ccc(Br)cc2)cc1. The van der Waals surface area contributed by atoms with Crippen LogP contribution in [0.5, 0.6) is 0 Å². The highest BCUT2D eigenvalue weighted by atomic mass is 79.9. The molecule has 0 heterocycles. The molecule has 2 aromatic rings. The van der Waals surface area contributed by atoms with E-state index in [1.165, 1.54) is 0 Å². The van der Waals surface area contributed by atoms with E-state index in [4.69, 9.17) is 0 Å². The Bertz CT molecular complexity index is 729. The van der Waals surface area contributed by atoms with Gasteiger partial charge < -0.3 is 15.5 Å². The molecular weight excluding hydrogens is 382 g/mol. The zero-order valence-electron chi connectivity index (χ0n) is 14.6. The molecule has 0 aromatic heterocycles. The Balaban J connectivity index is 1.94. The first kappa shape index (κ1) is 19.1. The smallest absolute Gasteiger partial charge is 0.282 e. The van der Waals surface area contributed by atoms with Gasteiger partial charge >= 0.3 is 0 Å². The highest BCUT2D eigenvalue weighted by Gasteiger charge is 2.22. The molecule has 2 atom stereocenters. The minimum absolute atomic E-state index is 0.0261. The third kappa shape index (κ3) is 5.41. The van der Waals surface area contributed by atoms with Gasteiger partial charge in [0.05, 0.1) is 7.05 Å². The van der Waals surface area contributed by atoms with Crippen molar-refractivity contribution in [3.8, 4) is 0 Å². The van der Waals surface area contributed by atoms with Gasteiger partial charge in [0, 0.05) is 28.3 Å². The average molecular weight is 405 g/mol. The summed E-state index contributed by atoms with van der Waals surface area (Å²) < 4.78 is 0.974. The number of likely N-dealkylation sites (N-methyl/N-ethyl adjacent to an activating group) is 1. The van der Waals surface area contributed by atoms with Crippen molar-refractivity contribution in [1.29, 1.82) is 0 Å². The number of halogens is 1. The van der Waals surface area contributed by atoms with Crippen molar-refractivity contribution in [2.45, 2.75) is 19.5 Å². The molecule has 5 nitrogen and oxygen atoms in total. The van der Waals surface area contributed by atoms with Crippen molar-refractivity contribution in [3.63, 3.8) is 0 Å². The standard InChI is InChI=1S/C19H22BrN3O2/c1-13(18(24)22-17-10-8-16(20)9-11-17)23(3)12-14-4-6-15(7-5-14)19(25)21-2/h4-11,13H,12H2,1-3H3,(H,21,25)(H,22,24)/p+1/t13-/m1/s1. The van der Waals surface area contributed by atoms with Crippen LogP contribution in [0.1, 0.15) is 22.8 Å². The van der Waals surface area contributed by atoms with E-state index in [1.807, 2.05) is 50.4 Å². The molecule has 6 heteroatoms. The Hall–Kier alpha value is -2.18. The highest BCUT2D eigenvalue weighted by molar-refractivity contribution is 9.10. The van der Waals surface area contributed by atoms with Crippen LogP contribution in [0.15, 0.2) is 53.0 Å². The molecule has 132 valence electrons. The highest BCUT2D eigenvalue weighted by Crippen LogP contribution is 2.14. The maximum atomic E-state index is 12.4. The Kier molecular flexibility index (Phi) is 6.73. The quantitative estimate of drug-likeness (QED) is 0.687. The molecule has 0 spiro atoms. The van der Waals surface area contributed by atoms with Crippen molar-refractivity contribution in [2.75, 3.05) is 19.4 Å². The summed E-state index contributed by atoms with van der Waals surface area (Å²) in [5.74, 6) is -0.128. The number of amides is 2. The van der Waals surface area contributed by atoms with Crippen LogP contribution in [0.4, 0.5) is 5.69 Å². The van der Waals surface area contributed by atoms with E-state index < -0.39 is 0 Å². The van der Waals surface area contributed by atoms with Crippen molar-refractivity contribution in [2.24, 2.45) is 0 Å². The summed E-state index contributed by atoms with van der Waals surface area (Å²) in [5, 5.41) is 5.53. The molecule has 2 rings (SSSR count). The second-order valence-electron chi connectivity index (χ2n) is 6.02. The van der Waals surface area contributed by atoms with E-state index in [0.29, 0.717) is 12.1 Å². The number of benzene rings is 2. The predicted molar refractivity (Wildman–Crippen MR) is 103 cm³/mol. The number of hydrogen-bond acceptors (Lipinski definition) is 2. The number of anilines is 1. The van der Waals surface area contributed by atoms with Crippen LogP contribution in [-0.4, -0.2) is 32.0 Å². The van der Waals surface area contributed by atoms with E-state index in [0.717, 1.165) is 20.6 Å². The van der Waals surface area contributed by atoms with Gasteiger partial charge in [0.2, 0.25) is 0 Å². The Labute approximate surface area is 156 Å². The molecule has 25 heavy (non-hydrogen) atoms. The van der Waals surface area contributed by atoms with Crippen molar-refractivity contribution in [3.05, 3.63) is 64.1 Å². The largest absolute Gasteiger partial charge is 0.355 e. The lowest BCUT2D eigenvalue weighted by Gasteiger charge is -2.21. The van der Waals surface area contributed by atoms with Crippen molar-refractivity contribution < 1.29 is 14.5 Å². The van der Waals surface area contributed by atoms with Crippen LogP contribution in [-0.2, 0) is 11.3 Å². The molecule has 2 aromatic carbocycles. The summed E-state index contributed by atoms with van der Waals surface area (Å²) in [4.78, 5) is 25.1. The van der Waals surface area contributed by atoms with Gasteiger partial charge in [0.15, 0.2) is 6.04 Å². The molecule has 0 fully saturated rings. The van der Waals surface area contributed by atoms with Gasteiger partial charge in [-0.05, 0) is 43.3 Å². The molecule has 0 bridgehead atoms. The molecule has 0 radical (unpaired) electrons. The van der Waals surface area contributed by atoms with Gasteiger partial charge in [-0.15, -0.1) is 0 Å². The second-order valence-corrected chi connectivity index (χ2v) is 6.93. The van der Waals surface area contributed by atoms with E-state index in [2.05, 4.69) is 26.6 Å². The zero-order valence-corrected chi connectivity index (χ0v) is 16.2. The third-order valence-electron chi connectivity index (χ3n) is 4.17. The Morgan fingerprint density at radius 1 is 1.08 bits per heavy atom. The van der Waals surface area contributed by atoms with Gasteiger partial charge in [0.1, 0.15) is 6.54 Å². The summed E-state index contributed by atoms with van der Waals surface area (Å²) in [7, 11) is 3.60. The lowest BCUT2D eigenvalue weighted by atomic mass is 10.1. The summed E-state index contributed by atoms with van der Waals surface area (Å²) >= 11 is 3.38. The molecule has 3 N–H and O–H groups in total. The lowest BCUT2D eigenvalue weighted by molar-refractivity contribution is -0.907. The van der Waals surface area contributed by atoms with Gasteiger partial charge in [-0.1, -0.05) is 28.1 Å². The van der Waals surface area contributed by atoms with Crippen LogP contribution in [0.25, 0.3) is 0 Å². The maximum Gasteiger partial charge on any atom is 0.282 e. The van der Waals surface area contributed by atoms with E-state index in [1.54, 1.807) is 19.2 Å². The fourth-order valence-corrected chi connectivity index (χ4v) is 2.67. The van der Waals surface area contributed by atoms with Crippen molar-refractivity contribution in [1.82, 2.24) is 5.32 Å². The van der Waals surface area contributed by atoms with E-state index in [-0.39, 0.29) is 17.9 Å². The fourth-order valence-electron chi connectivity index (χ4n) is 2.40. The van der Waals surface area contributed by atoms with Crippen LogP contribution >= 0.6 is 15.9 Å². The number of nitrogens with one attached hydrogen (secondary N) is 3. The van der Waals surface area contributed by atoms with Gasteiger partial charge in [-0.2, -0.15) is 0 Å². The summed E-state index contributed by atoms with van der Waals surface area (Å²) in [5.41, 5.74) is 2.49. The Morgan fingerprint density at radius 2 is 1.68 bits per heavy atom. The van der Waals surface area contributed by atoms with Crippen molar-refractivity contribution >= 4 is 33.4 Å². The molecule has 1 unspecified atom stereocenters. The second kappa shape index (κ2) is 8.78. The molecule has 0 aliphatic heterocycles. The predicted octanol–water partition coefficient (Wildman–Crippen LogP) is 1.85. The van der Waals surface area contributed by atoms with E-state index in [9.17, 15) is 9.59 Å². The first-order valence-electron chi connectivity index (χ1n) is 8.10. The summed E-state index contributed by atoms with van der Waals surface area (Å²) in [6.07, 6.45) is 0. The number of rotatable bonds is 6. The number of carbonyl (C=O) groups excluding carboxylic acids is 2. The first-order chi connectivity index (χ1) is 11.9. The number of hydrogen-bond donors (Lipinski definition) is 3. The number of quaternary nitrogens is 1. The van der Waals surface area contributed by atoms with Crippen LogP contribution < -0.4 is 15.5 Å². The first-order valence-corrected chi connectivity index (χ1v) is 8.89. The lowest BCUT2D eigenvalue weighted by Crippen LogP contribution is -3.12. The monoisotopic (exact) mass is 404 g/mol. The van der Waals surface area contributed by atoms with E-state index >= 15 is 0 Å². The summed E-state index contributed by atoms with van der Waals surface area (Å²) in [6, 6.07) is 14.8. The van der Waals surface area contributed by atoms with Gasteiger partial charge in [-0.25, -0.2) is 0 Å². The van der Waals surface area contributed by atoms with Gasteiger partial charge in [-0.3, -0.25) is 9.59 Å². The maximum absolute atomic E-state index is 12.4. The molecule has 0 saturated heterocycles. The third-order valence-corrected chi connectivity index (χ3v) is 4.70. The molecule has 0 saturated carbocycles. The average Bonchev–Trinajstić information content (AvgIpc) is 2.62. The van der Waals surface area contributed by atoms with Gasteiger partial charge in [0.25, 0.3) is 11.8 Å². The van der Waals surface area contributed by atoms with Crippen LogP contribution in [0, 0.1) is 0 Å². The molecule has 0 aliphatic carbocycles. The van der Waals surface area contributed by atoms with Crippen LogP contribution in [0.3, 0.4) is 0 Å². The summed E-state index contributed by atoms with van der Waals surface area (Å²) in [6.45, 7) is 2.60. The Morgan fingerprint density at radius 3 is 2.24 bits per heavy atom.